The fourth-order valence-corrected chi connectivity index (χ4v) is 2.69. The molecule has 0 bridgehead atoms. The summed E-state index contributed by atoms with van der Waals surface area (Å²) in [6.45, 7) is 2.64. The van der Waals surface area contributed by atoms with Gasteiger partial charge in [-0.2, -0.15) is 0 Å². The van der Waals surface area contributed by atoms with Gasteiger partial charge in [-0.3, -0.25) is 14.5 Å². The maximum atomic E-state index is 12.2. The number of carbonyl (C=O) groups is 2. The predicted octanol–water partition coefficient (Wildman–Crippen LogP) is 1.04. The van der Waals surface area contributed by atoms with Gasteiger partial charge in [0.2, 0.25) is 5.91 Å². The van der Waals surface area contributed by atoms with Crippen LogP contribution < -0.4 is 15.4 Å². The number of nitrogens with zero attached hydrogens (tertiary/aromatic N) is 1. The first-order valence-corrected chi connectivity index (χ1v) is 7.70. The lowest BCUT2D eigenvalue weighted by atomic mass is 10.1. The minimum atomic E-state index is -1.000. The maximum absolute atomic E-state index is 12.2. The monoisotopic (exact) mass is 341 g/mol. The fourth-order valence-electron chi connectivity index (χ4n) is 2.52. The summed E-state index contributed by atoms with van der Waals surface area (Å²) in [4.78, 5) is 25.5. The molecule has 2 rings (SSSR count). The van der Waals surface area contributed by atoms with E-state index in [-0.39, 0.29) is 6.42 Å². The van der Waals surface area contributed by atoms with Crippen LogP contribution in [0.2, 0.25) is 5.02 Å². The van der Waals surface area contributed by atoms with Gasteiger partial charge in [0.25, 0.3) is 0 Å². The quantitative estimate of drug-likeness (QED) is 0.716. The minimum absolute atomic E-state index is 0.134. The van der Waals surface area contributed by atoms with E-state index in [1.807, 2.05) is 0 Å². The second-order valence-corrected chi connectivity index (χ2v) is 5.67. The largest absolute Gasteiger partial charge is 0.495 e. The number of carbonyl (C=O) groups excluding carboxylic acids is 1. The van der Waals surface area contributed by atoms with Crippen LogP contribution in [0.25, 0.3) is 0 Å². The molecule has 1 aromatic rings. The second kappa shape index (κ2) is 8.14. The summed E-state index contributed by atoms with van der Waals surface area (Å²) in [5, 5.41) is 15.7. The number of carboxylic acid groups (broad SMARTS) is 1. The summed E-state index contributed by atoms with van der Waals surface area (Å²) in [6, 6.07) is 4.01. The number of halogens is 1. The summed E-state index contributed by atoms with van der Waals surface area (Å²) in [7, 11) is 1.49. The molecule has 0 spiro atoms. The number of nitrogens with one attached hydrogen (secondary N) is 2. The Labute approximate surface area is 139 Å². The van der Waals surface area contributed by atoms with Crippen molar-refractivity contribution in [1.82, 2.24) is 10.2 Å². The zero-order chi connectivity index (χ0) is 16.8. The van der Waals surface area contributed by atoms with E-state index in [2.05, 4.69) is 10.6 Å². The van der Waals surface area contributed by atoms with E-state index in [0.29, 0.717) is 42.6 Å². The van der Waals surface area contributed by atoms with Crippen LogP contribution in [0.5, 0.6) is 5.75 Å². The van der Waals surface area contributed by atoms with Gasteiger partial charge in [-0.25, -0.2) is 0 Å². The van der Waals surface area contributed by atoms with Crippen LogP contribution in [0.1, 0.15) is 6.42 Å². The number of benzene rings is 1. The van der Waals surface area contributed by atoms with Gasteiger partial charge in [-0.05, 0) is 18.2 Å². The lowest BCUT2D eigenvalue weighted by Crippen LogP contribution is -2.52. The van der Waals surface area contributed by atoms with Gasteiger partial charge in [0, 0.05) is 31.2 Å². The molecule has 1 fully saturated rings. The van der Waals surface area contributed by atoms with Crippen molar-refractivity contribution in [3.05, 3.63) is 23.2 Å². The molecule has 23 heavy (non-hydrogen) atoms. The Morgan fingerprint density at radius 3 is 2.74 bits per heavy atom. The molecular weight excluding hydrogens is 322 g/mol. The number of hydrogen-bond donors (Lipinski definition) is 3. The van der Waals surface area contributed by atoms with E-state index >= 15 is 0 Å². The van der Waals surface area contributed by atoms with E-state index < -0.39 is 17.9 Å². The zero-order valence-corrected chi connectivity index (χ0v) is 13.6. The Bertz CT molecular complexity index is 576. The van der Waals surface area contributed by atoms with Crippen molar-refractivity contribution < 1.29 is 19.4 Å². The van der Waals surface area contributed by atoms with Crippen LogP contribution in [0.4, 0.5) is 5.69 Å². The topological polar surface area (TPSA) is 90.9 Å². The van der Waals surface area contributed by atoms with Crippen molar-refractivity contribution in [3.8, 4) is 5.75 Å². The number of amides is 1. The summed E-state index contributed by atoms with van der Waals surface area (Å²) >= 11 is 5.92. The molecule has 3 N–H and O–H groups in total. The molecule has 0 radical (unpaired) electrons. The summed E-state index contributed by atoms with van der Waals surface area (Å²) in [5.74, 6) is -0.923. The molecule has 0 aliphatic carbocycles. The summed E-state index contributed by atoms with van der Waals surface area (Å²) in [5.41, 5.74) is 0.425. The summed E-state index contributed by atoms with van der Waals surface area (Å²) < 4.78 is 5.16. The van der Waals surface area contributed by atoms with Gasteiger partial charge in [0.15, 0.2) is 0 Å². The van der Waals surface area contributed by atoms with E-state index in [1.54, 1.807) is 23.1 Å². The number of ether oxygens (including phenoxy) is 1. The van der Waals surface area contributed by atoms with Gasteiger partial charge in [-0.1, -0.05) is 11.6 Å². The molecule has 7 nitrogen and oxygen atoms in total. The third kappa shape index (κ3) is 4.82. The van der Waals surface area contributed by atoms with Crippen LogP contribution >= 0.6 is 11.6 Å². The standard InChI is InChI=1S/C15H20ClN3O4/c1-23-13-3-2-10(16)8-11(13)18-14(20)9-12(15(21)22)19-6-4-17-5-7-19/h2-3,8,12,17H,4-7,9H2,1H3,(H,18,20)(H,21,22). The second-order valence-electron chi connectivity index (χ2n) is 5.24. The molecule has 1 amide bonds. The first-order valence-electron chi connectivity index (χ1n) is 7.32. The fraction of sp³-hybridized carbons (Fsp3) is 0.467. The highest BCUT2D eigenvalue weighted by molar-refractivity contribution is 6.31. The van der Waals surface area contributed by atoms with E-state index in [1.165, 1.54) is 7.11 Å². The minimum Gasteiger partial charge on any atom is -0.495 e. The van der Waals surface area contributed by atoms with Crippen molar-refractivity contribution in [3.63, 3.8) is 0 Å². The molecular formula is C15H20ClN3O4. The number of hydrogen-bond acceptors (Lipinski definition) is 5. The first kappa shape index (κ1) is 17.5. The van der Waals surface area contributed by atoms with Crippen LogP contribution in [0, 0.1) is 0 Å². The highest BCUT2D eigenvalue weighted by Gasteiger charge is 2.29. The highest BCUT2D eigenvalue weighted by atomic mass is 35.5. The third-order valence-electron chi connectivity index (χ3n) is 3.69. The number of aliphatic carboxylic acids is 1. The van der Waals surface area contributed by atoms with Crippen LogP contribution in [-0.2, 0) is 9.59 Å². The van der Waals surface area contributed by atoms with Crippen molar-refractivity contribution in [1.29, 1.82) is 0 Å². The van der Waals surface area contributed by atoms with Crippen molar-refractivity contribution in [2.24, 2.45) is 0 Å². The Morgan fingerprint density at radius 2 is 2.13 bits per heavy atom. The molecule has 1 unspecified atom stereocenters. The molecule has 0 aromatic heterocycles. The predicted molar refractivity (Wildman–Crippen MR) is 87.1 cm³/mol. The van der Waals surface area contributed by atoms with E-state index in [0.717, 1.165) is 0 Å². The molecule has 1 aliphatic heterocycles. The van der Waals surface area contributed by atoms with Crippen LogP contribution in [-0.4, -0.2) is 61.2 Å². The van der Waals surface area contributed by atoms with Crippen molar-refractivity contribution in [2.45, 2.75) is 12.5 Å². The molecule has 0 saturated carbocycles. The number of carboxylic acids is 1. The Morgan fingerprint density at radius 1 is 1.43 bits per heavy atom. The molecule has 1 heterocycles. The normalized spacial score (nSPS) is 16.6. The van der Waals surface area contributed by atoms with E-state index in [4.69, 9.17) is 16.3 Å². The van der Waals surface area contributed by atoms with E-state index in [9.17, 15) is 14.7 Å². The highest BCUT2D eigenvalue weighted by Crippen LogP contribution is 2.27. The lowest BCUT2D eigenvalue weighted by molar-refractivity contribution is -0.145. The third-order valence-corrected chi connectivity index (χ3v) is 3.93. The number of rotatable bonds is 6. The Hall–Kier alpha value is -1.83. The lowest BCUT2D eigenvalue weighted by Gasteiger charge is -2.32. The van der Waals surface area contributed by atoms with Gasteiger partial charge in [0.05, 0.1) is 19.2 Å². The number of anilines is 1. The number of piperazine rings is 1. The Kier molecular flexibility index (Phi) is 6.20. The Balaban J connectivity index is 2.04. The van der Waals surface area contributed by atoms with Gasteiger partial charge >= 0.3 is 5.97 Å². The molecule has 1 aromatic carbocycles. The first-order chi connectivity index (χ1) is 11.0. The van der Waals surface area contributed by atoms with Crippen LogP contribution in [0.15, 0.2) is 18.2 Å². The summed E-state index contributed by atoms with van der Waals surface area (Å²) in [6.07, 6.45) is -0.134. The smallest absolute Gasteiger partial charge is 0.321 e. The average Bonchev–Trinajstić information content (AvgIpc) is 2.53. The van der Waals surface area contributed by atoms with Gasteiger partial charge < -0.3 is 20.5 Å². The molecule has 126 valence electrons. The average molecular weight is 342 g/mol. The zero-order valence-electron chi connectivity index (χ0n) is 12.8. The van der Waals surface area contributed by atoms with Crippen LogP contribution in [0.3, 0.4) is 0 Å². The number of methoxy groups -OCH3 is 1. The molecule has 8 heteroatoms. The molecule has 1 saturated heterocycles. The van der Waals surface area contributed by atoms with Gasteiger partial charge in [-0.15, -0.1) is 0 Å². The maximum Gasteiger partial charge on any atom is 0.321 e. The van der Waals surface area contributed by atoms with Crippen molar-refractivity contribution >= 4 is 29.2 Å². The van der Waals surface area contributed by atoms with Crippen molar-refractivity contribution in [2.75, 3.05) is 38.6 Å². The molecule has 1 aliphatic rings. The van der Waals surface area contributed by atoms with Gasteiger partial charge in [0.1, 0.15) is 11.8 Å². The SMILES string of the molecule is COc1ccc(Cl)cc1NC(=O)CC(C(=O)O)N1CCNCC1. The molecule has 1 atom stereocenters.